The van der Waals surface area contributed by atoms with Gasteiger partial charge < -0.3 is 4.90 Å². The van der Waals surface area contributed by atoms with Gasteiger partial charge in [-0.2, -0.15) is 5.26 Å². The molecule has 134 valence electrons. The summed E-state index contributed by atoms with van der Waals surface area (Å²) in [5, 5.41) is 9.88. The lowest BCUT2D eigenvalue weighted by Crippen LogP contribution is -2.23. The van der Waals surface area contributed by atoms with Gasteiger partial charge in [0.15, 0.2) is 5.65 Å². The molecule has 1 fully saturated rings. The summed E-state index contributed by atoms with van der Waals surface area (Å²) in [4.78, 5) is 7.34. The van der Waals surface area contributed by atoms with Crippen molar-refractivity contribution >= 4 is 22.5 Å². The maximum absolute atomic E-state index is 9.88. The summed E-state index contributed by atoms with van der Waals surface area (Å²) in [6, 6.07) is 10.7. The highest BCUT2D eigenvalue weighted by atomic mass is 15.2. The molecule has 0 saturated carbocycles. The Balaban J connectivity index is 2.06. The predicted octanol–water partition coefficient (Wildman–Crippen LogP) is 5.00. The van der Waals surface area contributed by atoms with Gasteiger partial charge in [-0.3, -0.25) is 4.40 Å². The van der Waals surface area contributed by atoms with Gasteiger partial charge in [0.2, 0.25) is 0 Å². The number of pyridine rings is 1. The number of nitriles is 1. The van der Waals surface area contributed by atoms with E-state index < -0.39 is 0 Å². The van der Waals surface area contributed by atoms with Crippen molar-refractivity contribution in [3.05, 3.63) is 41.0 Å². The monoisotopic (exact) mass is 346 g/mol. The maximum atomic E-state index is 9.88. The van der Waals surface area contributed by atoms with Crippen molar-refractivity contribution in [3.63, 3.8) is 0 Å². The van der Waals surface area contributed by atoms with Crippen molar-refractivity contribution in [2.24, 2.45) is 0 Å². The van der Waals surface area contributed by atoms with E-state index in [1.54, 1.807) is 0 Å². The molecule has 26 heavy (non-hydrogen) atoms. The van der Waals surface area contributed by atoms with Gasteiger partial charge in [-0.25, -0.2) is 4.98 Å². The van der Waals surface area contributed by atoms with Crippen molar-refractivity contribution in [3.8, 4) is 6.07 Å². The lowest BCUT2D eigenvalue weighted by Gasteiger charge is -2.25. The number of aromatic nitrogens is 2. The number of hydrogen-bond acceptors (Lipinski definition) is 3. The summed E-state index contributed by atoms with van der Waals surface area (Å²) < 4.78 is 2.26. The Morgan fingerprint density at radius 2 is 1.92 bits per heavy atom. The van der Waals surface area contributed by atoms with Crippen LogP contribution in [0, 0.1) is 18.3 Å². The maximum Gasteiger partial charge on any atom is 0.157 e. The standard InChI is InChI=1S/C22H26N4/c1-3-4-5-10-17-16(2)18(15-23)21-24-19-11-6-7-12-20(19)26(21)22(17)25-13-8-9-14-25/h6-7,11-12H,3-5,8-10,13-14H2,1-2H3. The molecule has 2 aromatic heterocycles. The lowest BCUT2D eigenvalue weighted by atomic mass is 9.98. The second kappa shape index (κ2) is 6.99. The van der Waals surface area contributed by atoms with Crippen molar-refractivity contribution in [1.29, 1.82) is 5.26 Å². The van der Waals surface area contributed by atoms with Crippen molar-refractivity contribution in [2.45, 2.75) is 52.4 Å². The molecule has 1 aliphatic heterocycles. The molecule has 4 nitrogen and oxygen atoms in total. The predicted molar refractivity (Wildman–Crippen MR) is 107 cm³/mol. The van der Waals surface area contributed by atoms with Crippen LogP contribution in [-0.4, -0.2) is 22.5 Å². The fourth-order valence-electron chi connectivity index (χ4n) is 4.28. The highest BCUT2D eigenvalue weighted by Crippen LogP contribution is 2.35. The van der Waals surface area contributed by atoms with E-state index >= 15 is 0 Å². The van der Waals surface area contributed by atoms with Crippen molar-refractivity contribution in [2.75, 3.05) is 18.0 Å². The average molecular weight is 346 g/mol. The summed E-state index contributed by atoms with van der Waals surface area (Å²) in [5.41, 5.74) is 6.08. The van der Waals surface area contributed by atoms with Crippen molar-refractivity contribution in [1.82, 2.24) is 9.38 Å². The molecule has 1 aromatic carbocycles. The number of imidazole rings is 1. The molecule has 0 radical (unpaired) electrons. The molecule has 1 saturated heterocycles. The quantitative estimate of drug-likeness (QED) is 0.611. The molecule has 0 atom stereocenters. The van der Waals surface area contributed by atoms with Crippen LogP contribution in [0.15, 0.2) is 24.3 Å². The smallest absolute Gasteiger partial charge is 0.157 e. The third kappa shape index (κ3) is 2.63. The first-order valence-corrected chi connectivity index (χ1v) is 9.84. The number of fused-ring (bicyclic) bond motifs is 3. The van der Waals surface area contributed by atoms with Gasteiger partial charge >= 0.3 is 0 Å². The van der Waals surface area contributed by atoms with E-state index in [4.69, 9.17) is 4.98 Å². The summed E-state index contributed by atoms with van der Waals surface area (Å²) in [6.45, 7) is 6.53. The molecule has 1 aliphatic rings. The minimum absolute atomic E-state index is 0.732. The Hall–Kier alpha value is -2.54. The molecule has 4 rings (SSSR count). The van der Waals surface area contributed by atoms with E-state index in [-0.39, 0.29) is 0 Å². The van der Waals surface area contributed by atoms with Gasteiger partial charge in [0, 0.05) is 13.1 Å². The summed E-state index contributed by atoms with van der Waals surface area (Å²) in [6.07, 6.45) is 7.11. The molecular weight excluding hydrogens is 320 g/mol. The number of rotatable bonds is 5. The fraction of sp³-hybridized carbons (Fsp3) is 0.455. The van der Waals surface area contributed by atoms with Gasteiger partial charge in [-0.1, -0.05) is 31.9 Å². The third-order valence-corrected chi connectivity index (χ3v) is 5.64. The first-order valence-electron chi connectivity index (χ1n) is 9.84. The van der Waals surface area contributed by atoms with Crippen LogP contribution in [0.4, 0.5) is 5.82 Å². The first-order chi connectivity index (χ1) is 12.8. The van der Waals surface area contributed by atoms with Gasteiger partial charge in [0.25, 0.3) is 0 Å². The molecule has 0 amide bonds. The Labute approximate surface area is 155 Å². The Morgan fingerprint density at radius 3 is 2.65 bits per heavy atom. The molecule has 0 bridgehead atoms. The minimum Gasteiger partial charge on any atom is -0.357 e. The van der Waals surface area contributed by atoms with Crippen LogP contribution in [-0.2, 0) is 6.42 Å². The summed E-state index contributed by atoms with van der Waals surface area (Å²) in [5.74, 6) is 1.28. The van der Waals surface area contributed by atoms with E-state index in [2.05, 4.69) is 41.4 Å². The van der Waals surface area contributed by atoms with Crippen LogP contribution in [0.2, 0.25) is 0 Å². The topological polar surface area (TPSA) is 44.3 Å². The SMILES string of the molecule is CCCCCc1c(C)c(C#N)c2nc3ccccc3n2c1N1CCCC1. The highest BCUT2D eigenvalue weighted by Gasteiger charge is 2.25. The Morgan fingerprint density at radius 1 is 1.15 bits per heavy atom. The summed E-state index contributed by atoms with van der Waals surface area (Å²) in [7, 11) is 0. The number of unbranched alkanes of at least 4 members (excludes halogenated alkanes) is 2. The molecule has 3 heterocycles. The largest absolute Gasteiger partial charge is 0.357 e. The van der Waals surface area contributed by atoms with Crippen LogP contribution in [0.3, 0.4) is 0 Å². The molecule has 0 unspecified atom stereocenters. The van der Waals surface area contributed by atoms with Gasteiger partial charge in [0.05, 0.1) is 16.6 Å². The van der Waals surface area contributed by atoms with Crippen LogP contribution in [0.1, 0.15) is 55.7 Å². The number of benzene rings is 1. The van der Waals surface area contributed by atoms with Crippen LogP contribution in [0.25, 0.3) is 16.7 Å². The Bertz CT molecular complexity index is 987. The molecule has 0 aliphatic carbocycles. The van der Waals surface area contributed by atoms with Gasteiger partial charge in [0.1, 0.15) is 11.9 Å². The van der Waals surface area contributed by atoms with E-state index in [0.29, 0.717) is 0 Å². The van der Waals surface area contributed by atoms with E-state index in [9.17, 15) is 5.26 Å². The normalized spacial score (nSPS) is 14.4. The van der Waals surface area contributed by atoms with Gasteiger partial charge in [-0.05, 0) is 55.9 Å². The summed E-state index contributed by atoms with van der Waals surface area (Å²) >= 11 is 0. The molecule has 3 aromatic rings. The first kappa shape index (κ1) is 16.9. The zero-order valence-electron chi connectivity index (χ0n) is 15.8. The second-order valence-corrected chi connectivity index (χ2v) is 7.32. The Kier molecular flexibility index (Phi) is 4.55. The van der Waals surface area contributed by atoms with E-state index in [0.717, 1.165) is 47.3 Å². The number of anilines is 1. The van der Waals surface area contributed by atoms with Crippen LogP contribution < -0.4 is 4.90 Å². The molecule has 4 heteroatoms. The average Bonchev–Trinajstić information content (AvgIpc) is 3.30. The molecular formula is C22H26N4. The van der Waals surface area contributed by atoms with E-state index in [1.165, 1.54) is 43.5 Å². The number of para-hydroxylation sites is 2. The molecule has 0 spiro atoms. The third-order valence-electron chi connectivity index (χ3n) is 5.64. The second-order valence-electron chi connectivity index (χ2n) is 7.32. The zero-order valence-corrected chi connectivity index (χ0v) is 15.8. The minimum atomic E-state index is 0.732. The zero-order chi connectivity index (χ0) is 18.1. The van der Waals surface area contributed by atoms with Crippen LogP contribution in [0.5, 0.6) is 0 Å². The highest BCUT2D eigenvalue weighted by molar-refractivity contribution is 5.86. The van der Waals surface area contributed by atoms with Crippen LogP contribution >= 0.6 is 0 Å². The number of nitrogens with zero attached hydrogens (tertiary/aromatic N) is 4. The molecule has 0 N–H and O–H groups in total. The van der Waals surface area contributed by atoms with E-state index in [1.807, 2.05) is 12.1 Å². The van der Waals surface area contributed by atoms with Crippen molar-refractivity contribution < 1.29 is 0 Å². The lowest BCUT2D eigenvalue weighted by molar-refractivity contribution is 0.710. The number of hydrogen-bond donors (Lipinski definition) is 0. The fourth-order valence-corrected chi connectivity index (χ4v) is 4.28. The van der Waals surface area contributed by atoms with Gasteiger partial charge in [-0.15, -0.1) is 0 Å².